The van der Waals surface area contributed by atoms with Gasteiger partial charge in [0.15, 0.2) is 0 Å². The highest BCUT2D eigenvalue weighted by atomic mass is 79.9. The zero-order valence-corrected chi connectivity index (χ0v) is 19.8. The smallest absolute Gasteiger partial charge is 0.259 e. The van der Waals surface area contributed by atoms with Crippen molar-refractivity contribution in [3.05, 3.63) is 62.5 Å². The zero-order chi connectivity index (χ0) is 22.2. The van der Waals surface area contributed by atoms with Crippen LogP contribution in [0.15, 0.2) is 46.9 Å². The molecule has 0 N–H and O–H groups in total. The molecule has 0 aromatic heterocycles. The number of rotatable bonds is 2. The molecule has 3 atom stereocenters. The van der Waals surface area contributed by atoms with Crippen molar-refractivity contribution in [3.63, 3.8) is 0 Å². The first-order chi connectivity index (χ1) is 14.6. The van der Waals surface area contributed by atoms with Crippen molar-refractivity contribution in [1.29, 1.82) is 0 Å². The number of benzene rings is 2. The van der Waals surface area contributed by atoms with E-state index in [1.165, 1.54) is 9.91 Å². The second kappa shape index (κ2) is 7.04. The summed E-state index contributed by atoms with van der Waals surface area (Å²) in [6.07, 6.45) is 0.231. The fourth-order valence-electron chi connectivity index (χ4n) is 5.08. The summed E-state index contributed by atoms with van der Waals surface area (Å²) in [7, 11) is 0. The standard InChI is InChI=1S/C22H18BrCl2N3O3/c1-22(2)10-15(29)27-19-17(18(28(22)27)16-13(24)4-3-5-14(16)25)20(30)26(21(19)31)12-8-6-11(23)7-9-12/h3-9,17-19H,10H2,1-2H3/t17-,18-,19+/m0/s1. The van der Waals surface area contributed by atoms with Crippen molar-refractivity contribution < 1.29 is 14.4 Å². The third-order valence-corrected chi connectivity index (χ3v) is 7.45. The first-order valence-corrected chi connectivity index (χ1v) is 11.4. The second-order valence-corrected chi connectivity index (χ2v) is 10.3. The van der Waals surface area contributed by atoms with Gasteiger partial charge in [-0.3, -0.25) is 19.4 Å². The van der Waals surface area contributed by atoms with Gasteiger partial charge in [0.1, 0.15) is 6.04 Å². The highest BCUT2D eigenvalue weighted by Crippen LogP contribution is 2.55. The summed E-state index contributed by atoms with van der Waals surface area (Å²) in [5.41, 5.74) is 0.427. The summed E-state index contributed by atoms with van der Waals surface area (Å²) in [4.78, 5) is 41.4. The van der Waals surface area contributed by atoms with Gasteiger partial charge in [-0.15, -0.1) is 0 Å². The van der Waals surface area contributed by atoms with E-state index in [9.17, 15) is 14.4 Å². The predicted molar refractivity (Wildman–Crippen MR) is 120 cm³/mol. The lowest BCUT2D eigenvalue weighted by Gasteiger charge is -2.38. The van der Waals surface area contributed by atoms with Gasteiger partial charge in [0.25, 0.3) is 5.91 Å². The Labute approximate surface area is 197 Å². The number of hydrogen-bond donors (Lipinski definition) is 0. The molecule has 31 heavy (non-hydrogen) atoms. The first kappa shape index (κ1) is 20.9. The minimum absolute atomic E-state index is 0.190. The van der Waals surface area contributed by atoms with Gasteiger partial charge in [0.05, 0.1) is 17.6 Å². The maximum absolute atomic E-state index is 13.7. The van der Waals surface area contributed by atoms with Gasteiger partial charge in [-0.05, 0) is 50.2 Å². The molecule has 3 heterocycles. The van der Waals surface area contributed by atoms with Crippen molar-refractivity contribution >= 4 is 62.5 Å². The number of carbonyl (C=O) groups excluding carboxylic acids is 3. The Morgan fingerprint density at radius 3 is 2.16 bits per heavy atom. The molecule has 0 spiro atoms. The number of amides is 3. The number of halogens is 3. The molecule has 5 rings (SSSR count). The van der Waals surface area contributed by atoms with Gasteiger partial charge < -0.3 is 0 Å². The normalized spacial score (nSPS) is 27.3. The Hall–Kier alpha value is -1.93. The van der Waals surface area contributed by atoms with Crippen molar-refractivity contribution in [2.24, 2.45) is 5.92 Å². The van der Waals surface area contributed by atoms with Crippen molar-refractivity contribution in [1.82, 2.24) is 10.0 Å². The van der Waals surface area contributed by atoms with E-state index >= 15 is 0 Å². The van der Waals surface area contributed by atoms with Gasteiger partial charge in [-0.25, -0.2) is 9.91 Å². The summed E-state index contributed by atoms with van der Waals surface area (Å²) < 4.78 is 0.832. The number of hydrogen-bond acceptors (Lipinski definition) is 4. The molecule has 3 aliphatic rings. The third kappa shape index (κ3) is 2.90. The molecule has 0 bridgehead atoms. The van der Waals surface area contributed by atoms with Crippen LogP contribution in [0.3, 0.4) is 0 Å². The number of carbonyl (C=O) groups is 3. The number of hydrazine groups is 1. The second-order valence-electron chi connectivity index (χ2n) is 8.61. The monoisotopic (exact) mass is 521 g/mol. The topological polar surface area (TPSA) is 60.9 Å². The molecule has 3 amide bonds. The largest absolute Gasteiger partial charge is 0.274 e. The van der Waals surface area contributed by atoms with Gasteiger partial charge in [0, 0.05) is 32.0 Å². The molecular formula is C22H18BrCl2N3O3. The molecular weight excluding hydrogens is 505 g/mol. The van der Waals surface area contributed by atoms with Crippen LogP contribution in [0.1, 0.15) is 31.9 Å². The van der Waals surface area contributed by atoms with E-state index in [4.69, 9.17) is 23.2 Å². The lowest BCUT2D eigenvalue weighted by molar-refractivity contribution is -0.146. The van der Waals surface area contributed by atoms with Crippen LogP contribution in [-0.4, -0.2) is 39.3 Å². The lowest BCUT2D eigenvalue weighted by Crippen LogP contribution is -2.50. The van der Waals surface area contributed by atoms with Crippen LogP contribution in [-0.2, 0) is 14.4 Å². The van der Waals surface area contributed by atoms with Gasteiger partial charge >= 0.3 is 0 Å². The molecule has 2 aromatic carbocycles. The fourth-order valence-corrected chi connectivity index (χ4v) is 5.96. The first-order valence-electron chi connectivity index (χ1n) is 9.82. The minimum Gasteiger partial charge on any atom is -0.274 e. The highest BCUT2D eigenvalue weighted by Gasteiger charge is 2.68. The Kier molecular flexibility index (Phi) is 4.75. The summed E-state index contributed by atoms with van der Waals surface area (Å²) in [5, 5.41) is 4.10. The SMILES string of the molecule is CC1(C)CC(=O)N2[C@H]3C(=O)N(c4ccc(Br)cc4)C(=O)[C@H]3[C@H](c3c(Cl)cccc3Cl)N21. The van der Waals surface area contributed by atoms with E-state index in [2.05, 4.69) is 15.9 Å². The van der Waals surface area contributed by atoms with E-state index in [1.807, 2.05) is 18.9 Å². The van der Waals surface area contributed by atoms with E-state index < -0.39 is 29.4 Å². The Morgan fingerprint density at radius 2 is 1.55 bits per heavy atom. The highest BCUT2D eigenvalue weighted by molar-refractivity contribution is 9.10. The number of imide groups is 1. The van der Waals surface area contributed by atoms with Crippen LogP contribution >= 0.6 is 39.1 Å². The van der Waals surface area contributed by atoms with E-state index in [1.54, 1.807) is 42.5 Å². The van der Waals surface area contributed by atoms with Gasteiger partial charge in [0.2, 0.25) is 11.8 Å². The Balaban J connectivity index is 1.69. The van der Waals surface area contributed by atoms with Crippen LogP contribution in [0.2, 0.25) is 10.0 Å². The molecule has 3 saturated heterocycles. The fraction of sp³-hybridized carbons (Fsp3) is 0.318. The molecule has 2 aromatic rings. The van der Waals surface area contributed by atoms with E-state index in [0.717, 1.165) is 4.47 Å². The number of fused-ring (bicyclic) bond motifs is 3. The summed E-state index contributed by atoms with van der Waals surface area (Å²) >= 11 is 16.5. The predicted octanol–water partition coefficient (Wildman–Crippen LogP) is 4.60. The van der Waals surface area contributed by atoms with Crippen molar-refractivity contribution in [2.45, 2.75) is 37.9 Å². The molecule has 0 radical (unpaired) electrons. The average Bonchev–Trinajstić information content (AvgIpc) is 3.25. The van der Waals surface area contributed by atoms with Crippen LogP contribution < -0.4 is 4.90 Å². The molecule has 9 heteroatoms. The van der Waals surface area contributed by atoms with Crippen molar-refractivity contribution in [2.75, 3.05) is 4.90 Å². The summed E-state index contributed by atoms with van der Waals surface area (Å²) in [6.45, 7) is 3.84. The zero-order valence-electron chi connectivity index (χ0n) is 16.7. The molecule has 6 nitrogen and oxygen atoms in total. The van der Waals surface area contributed by atoms with Crippen LogP contribution in [0, 0.1) is 5.92 Å². The summed E-state index contributed by atoms with van der Waals surface area (Å²) in [5.74, 6) is -1.78. The van der Waals surface area contributed by atoms with Crippen LogP contribution in [0.25, 0.3) is 0 Å². The Morgan fingerprint density at radius 1 is 0.935 bits per heavy atom. The summed E-state index contributed by atoms with van der Waals surface area (Å²) in [6, 6.07) is 10.5. The number of nitrogens with zero attached hydrogens (tertiary/aromatic N) is 3. The average molecular weight is 523 g/mol. The number of anilines is 1. The Bertz CT molecular complexity index is 1120. The maximum Gasteiger partial charge on any atom is 0.259 e. The van der Waals surface area contributed by atoms with Gasteiger partial charge in [-0.2, -0.15) is 0 Å². The minimum atomic E-state index is -0.928. The molecule has 3 fully saturated rings. The van der Waals surface area contributed by atoms with Crippen LogP contribution in [0.5, 0.6) is 0 Å². The van der Waals surface area contributed by atoms with E-state index in [0.29, 0.717) is 21.3 Å². The quantitative estimate of drug-likeness (QED) is 0.541. The molecule has 0 aliphatic carbocycles. The molecule has 160 valence electrons. The van der Waals surface area contributed by atoms with Crippen LogP contribution in [0.4, 0.5) is 5.69 Å². The molecule has 0 saturated carbocycles. The van der Waals surface area contributed by atoms with Crippen molar-refractivity contribution in [3.8, 4) is 0 Å². The maximum atomic E-state index is 13.7. The lowest BCUT2D eigenvalue weighted by atomic mass is 9.87. The van der Waals surface area contributed by atoms with E-state index in [-0.39, 0.29) is 18.2 Å². The molecule has 0 unspecified atom stereocenters. The molecule has 3 aliphatic heterocycles. The third-order valence-electron chi connectivity index (χ3n) is 6.26. The van der Waals surface area contributed by atoms with Gasteiger partial charge in [-0.1, -0.05) is 45.2 Å².